The number of thiol groups is 2. The standard InChI is InChI=1S/C28H36N6O7S2/c1-19(15-31-25(36)18-42)30-16-24(35)32-17-26(37)34(40-13-10-29-11-14-41-43)28(39)21-9-12-33-22(21)7-8-23(33)27(38)20-5-3-2-4-6-20/h2-8,21,29-30,42-43H,1,9-18H2,(H,31,36)(H,32,35). The van der Waals surface area contributed by atoms with Crippen LogP contribution < -0.4 is 21.3 Å². The minimum absolute atomic E-state index is 0.0111. The van der Waals surface area contributed by atoms with Crippen molar-refractivity contribution in [2.75, 3.05) is 51.7 Å². The molecule has 4 N–H and O–H groups in total. The van der Waals surface area contributed by atoms with E-state index in [1.54, 1.807) is 41.0 Å². The summed E-state index contributed by atoms with van der Waals surface area (Å²) in [4.78, 5) is 69.1. The Morgan fingerprint density at radius 1 is 0.930 bits per heavy atom. The van der Waals surface area contributed by atoms with Gasteiger partial charge in [0.2, 0.25) is 17.6 Å². The number of carbonyl (C=O) groups excluding carboxylic acids is 5. The van der Waals surface area contributed by atoms with E-state index in [0.29, 0.717) is 60.4 Å². The van der Waals surface area contributed by atoms with Gasteiger partial charge in [-0.05, 0) is 31.5 Å². The maximum Gasteiger partial charge on any atom is 0.272 e. The van der Waals surface area contributed by atoms with Gasteiger partial charge in [-0.1, -0.05) is 36.9 Å². The van der Waals surface area contributed by atoms with Crippen molar-refractivity contribution >= 4 is 55.0 Å². The van der Waals surface area contributed by atoms with Gasteiger partial charge in [-0.2, -0.15) is 17.7 Å². The van der Waals surface area contributed by atoms with Crippen molar-refractivity contribution < 1.29 is 33.0 Å². The fourth-order valence-corrected chi connectivity index (χ4v) is 4.52. The molecule has 15 heteroatoms. The first kappa shape index (κ1) is 33.9. The number of hydrogen-bond acceptors (Lipinski definition) is 11. The Morgan fingerprint density at radius 3 is 2.37 bits per heavy atom. The van der Waals surface area contributed by atoms with Gasteiger partial charge < -0.3 is 30.0 Å². The number of ketones is 1. The number of rotatable bonds is 18. The molecule has 0 spiro atoms. The summed E-state index contributed by atoms with van der Waals surface area (Å²) in [6.07, 6.45) is 0.372. The summed E-state index contributed by atoms with van der Waals surface area (Å²) >= 11 is 7.54. The lowest BCUT2D eigenvalue weighted by Gasteiger charge is -2.23. The first-order valence-corrected chi connectivity index (χ1v) is 14.6. The highest BCUT2D eigenvalue weighted by Crippen LogP contribution is 2.33. The molecule has 43 heavy (non-hydrogen) atoms. The van der Waals surface area contributed by atoms with Crippen LogP contribution in [0.5, 0.6) is 0 Å². The Kier molecular flexibility index (Phi) is 13.8. The molecule has 1 aromatic carbocycles. The van der Waals surface area contributed by atoms with Gasteiger partial charge in [-0.3, -0.25) is 28.8 Å². The number of benzene rings is 1. The zero-order chi connectivity index (χ0) is 31.2. The van der Waals surface area contributed by atoms with E-state index in [1.165, 1.54) is 0 Å². The Labute approximate surface area is 260 Å². The summed E-state index contributed by atoms with van der Waals surface area (Å²) in [5, 5.41) is 11.5. The highest BCUT2D eigenvalue weighted by atomic mass is 32.1. The third-order valence-corrected chi connectivity index (χ3v) is 6.92. The van der Waals surface area contributed by atoms with Crippen LogP contribution in [0.2, 0.25) is 0 Å². The number of amides is 4. The largest absolute Gasteiger partial charge is 0.379 e. The molecule has 13 nitrogen and oxygen atoms in total. The summed E-state index contributed by atoms with van der Waals surface area (Å²) in [7, 11) is 0. The minimum atomic E-state index is -0.762. The van der Waals surface area contributed by atoms with Crippen LogP contribution in [-0.2, 0) is 34.7 Å². The molecule has 2 aromatic rings. The van der Waals surface area contributed by atoms with Gasteiger partial charge in [0.15, 0.2) is 0 Å². The molecule has 1 aromatic heterocycles. The van der Waals surface area contributed by atoms with Crippen LogP contribution in [0.25, 0.3) is 0 Å². The van der Waals surface area contributed by atoms with Gasteiger partial charge >= 0.3 is 0 Å². The minimum Gasteiger partial charge on any atom is -0.379 e. The van der Waals surface area contributed by atoms with Crippen LogP contribution in [0.1, 0.15) is 34.1 Å². The molecular weight excluding hydrogens is 596 g/mol. The number of hydrogen-bond donors (Lipinski definition) is 6. The Bertz CT molecular complexity index is 1300. The molecule has 1 atom stereocenters. The molecule has 1 aliphatic rings. The maximum atomic E-state index is 13.6. The molecule has 1 unspecified atom stereocenters. The van der Waals surface area contributed by atoms with E-state index in [9.17, 15) is 24.0 Å². The number of aromatic nitrogens is 1. The van der Waals surface area contributed by atoms with Crippen LogP contribution in [0.4, 0.5) is 0 Å². The Balaban J connectivity index is 1.63. The molecule has 232 valence electrons. The van der Waals surface area contributed by atoms with E-state index in [0.717, 1.165) is 0 Å². The number of nitrogens with zero attached hydrogens (tertiary/aromatic N) is 2. The molecule has 4 amide bonds. The van der Waals surface area contributed by atoms with Gasteiger partial charge in [-0.25, -0.2) is 0 Å². The predicted molar refractivity (Wildman–Crippen MR) is 164 cm³/mol. The molecule has 0 saturated heterocycles. The highest BCUT2D eigenvalue weighted by Gasteiger charge is 2.37. The molecule has 0 fully saturated rings. The van der Waals surface area contributed by atoms with E-state index in [2.05, 4.69) is 57.6 Å². The summed E-state index contributed by atoms with van der Waals surface area (Å²) in [5.41, 5.74) is 1.98. The van der Waals surface area contributed by atoms with Gasteiger partial charge in [0, 0.05) is 36.6 Å². The van der Waals surface area contributed by atoms with Crippen LogP contribution >= 0.6 is 25.5 Å². The summed E-state index contributed by atoms with van der Waals surface area (Å²) in [6.45, 7) is 4.68. The van der Waals surface area contributed by atoms with Crippen molar-refractivity contribution in [2.24, 2.45) is 0 Å². The monoisotopic (exact) mass is 632 g/mol. The molecule has 1 aliphatic heterocycles. The average Bonchev–Trinajstić information content (AvgIpc) is 3.63. The van der Waals surface area contributed by atoms with Crippen LogP contribution in [0, 0.1) is 0 Å². The van der Waals surface area contributed by atoms with E-state index in [4.69, 9.17) is 4.84 Å². The Morgan fingerprint density at radius 2 is 1.65 bits per heavy atom. The van der Waals surface area contributed by atoms with Crippen molar-refractivity contribution in [3.63, 3.8) is 0 Å². The van der Waals surface area contributed by atoms with Gasteiger partial charge in [0.25, 0.3) is 11.8 Å². The van der Waals surface area contributed by atoms with Crippen molar-refractivity contribution in [3.05, 3.63) is 71.7 Å². The van der Waals surface area contributed by atoms with Gasteiger partial charge in [0.05, 0.1) is 50.2 Å². The smallest absolute Gasteiger partial charge is 0.272 e. The second kappa shape index (κ2) is 17.5. The van der Waals surface area contributed by atoms with Gasteiger partial charge in [0.1, 0.15) is 0 Å². The highest BCUT2D eigenvalue weighted by molar-refractivity contribution is 7.81. The zero-order valence-corrected chi connectivity index (χ0v) is 25.3. The fraction of sp³-hybridized carbons (Fsp3) is 0.393. The molecule has 0 saturated carbocycles. The Hall–Kier alpha value is -3.63. The van der Waals surface area contributed by atoms with Crippen molar-refractivity contribution in [3.8, 4) is 0 Å². The van der Waals surface area contributed by atoms with E-state index < -0.39 is 30.2 Å². The average molecular weight is 633 g/mol. The maximum absolute atomic E-state index is 13.6. The molecule has 2 heterocycles. The van der Waals surface area contributed by atoms with Crippen LogP contribution in [-0.4, -0.2) is 90.7 Å². The number of imide groups is 1. The van der Waals surface area contributed by atoms with E-state index in [1.807, 2.05) is 6.07 Å². The fourth-order valence-electron chi connectivity index (χ4n) is 4.32. The van der Waals surface area contributed by atoms with Crippen molar-refractivity contribution in [2.45, 2.75) is 18.9 Å². The lowest BCUT2D eigenvalue weighted by Crippen LogP contribution is -2.47. The SMILES string of the molecule is C=C(CNC(=O)CS)NCC(=O)NCC(=O)N(OCCNCCOS)C(=O)C1CCn2c(C(=O)c3ccccc3)ccc21. The third-order valence-electron chi connectivity index (χ3n) is 6.45. The second-order valence-electron chi connectivity index (χ2n) is 9.44. The van der Waals surface area contributed by atoms with E-state index in [-0.39, 0.29) is 37.1 Å². The summed E-state index contributed by atoms with van der Waals surface area (Å²) in [6, 6.07) is 12.2. The number of fused-ring (bicyclic) bond motifs is 1. The van der Waals surface area contributed by atoms with E-state index >= 15 is 0 Å². The number of nitrogens with one attached hydrogen (secondary N) is 4. The number of carbonyl (C=O) groups is 5. The zero-order valence-electron chi connectivity index (χ0n) is 23.5. The predicted octanol–water partition coefficient (Wildman–Crippen LogP) is 0.210. The van der Waals surface area contributed by atoms with Crippen molar-refractivity contribution in [1.29, 1.82) is 0 Å². The first-order chi connectivity index (χ1) is 20.8. The summed E-state index contributed by atoms with van der Waals surface area (Å²) in [5.74, 6) is -3.04. The van der Waals surface area contributed by atoms with Crippen molar-refractivity contribution in [1.82, 2.24) is 30.9 Å². The second-order valence-corrected chi connectivity index (χ2v) is 10.0. The molecule has 0 radical (unpaired) electrons. The summed E-state index contributed by atoms with van der Waals surface area (Å²) < 4.78 is 6.48. The molecule has 3 rings (SSSR count). The first-order valence-electron chi connectivity index (χ1n) is 13.6. The van der Waals surface area contributed by atoms with Gasteiger partial charge in [-0.15, -0.1) is 0 Å². The topological polar surface area (TPSA) is 160 Å². The third kappa shape index (κ3) is 9.96. The molecule has 0 bridgehead atoms. The van der Waals surface area contributed by atoms with Crippen LogP contribution in [0.15, 0.2) is 54.7 Å². The lowest BCUT2D eigenvalue weighted by molar-refractivity contribution is -0.195. The normalized spacial score (nSPS) is 13.6. The van der Waals surface area contributed by atoms with Crippen LogP contribution in [0.3, 0.4) is 0 Å². The molecular formula is C28H36N6O7S2. The lowest BCUT2D eigenvalue weighted by atomic mass is 10.0. The molecule has 0 aliphatic carbocycles. The number of hydroxylamine groups is 2. The quantitative estimate of drug-likeness (QED) is 0.0444.